The lowest BCUT2D eigenvalue weighted by Gasteiger charge is -2.28. The van der Waals surface area contributed by atoms with Crippen LogP contribution in [0.5, 0.6) is 34.5 Å². The van der Waals surface area contributed by atoms with Gasteiger partial charge in [-0.15, -0.1) is 0 Å². The van der Waals surface area contributed by atoms with Crippen molar-refractivity contribution in [2.75, 3.05) is 0 Å². The van der Waals surface area contributed by atoms with Crippen LogP contribution >= 0.6 is 17.2 Å². The van der Waals surface area contributed by atoms with Crippen LogP contribution in [0.1, 0.15) is 44.5 Å². The predicted octanol–water partition coefficient (Wildman–Crippen LogP) is 11.9. The Morgan fingerprint density at radius 2 is 0.840 bits per heavy atom. The van der Waals surface area contributed by atoms with Gasteiger partial charge in [0.2, 0.25) is 0 Å². The Labute approximate surface area is 295 Å². The van der Waals surface area contributed by atoms with Crippen molar-refractivity contribution < 1.29 is 27.1 Å². The molecule has 0 bridgehead atoms. The molecule has 2 aliphatic heterocycles. The van der Waals surface area contributed by atoms with Gasteiger partial charge in [0.25, 0.3) is 0 Å². The van der Waals surface area contributed by atoms with Gasteiger partial charge in [0.1, 0.15) is 34.5 Å². The molecule has 0 aliphatic carbocycles. The van der Waals surface area contributed by atoms with Crippen LogP contribution in [-0.2, 0) is 12.8 Å². The quantitative estimate of drug-likeness (QED) is 0.167. The van der Waals surface area contributed by atoms with Gasteiger partial charge in [-0.3, -0.25) is 0 Å². The SMILES string of the molecule is Cc1cc2c(c(-c3cc(C)cc4c3OP(Oc3ccccc3C)Oc3ccccc3C4)c1)OP(Oc1ccccc1C)Oc1ccccc1C2. The van der Waals surface area contributed by atoms with E-state index < -0.39 is 17.2 Å². The van der Waals surface area contributed by atoms with E-state index in [2.05, 4.69) is 50.2 Å². The zero-order chi connectivity index (χ0) is 34.2. The fourth-order valence-corrected chi connectivity index (χ4v) is 8.72. The van der Waals surface area contributed by atoms with Gasteiger partial charge in [0.05, 0.1) is 0 Å². The highest BCUT2D eigenvalue weighted by molar-refractivity contribution is 7.43. The van der Waals surface area contributed by atoms with Gasteiger partial charge in [0, 0.05) is 35.1 Å². The molecule has 8 rings (SSSR count). The Balaban J connectivity index is 1.29. The molecule has 50 heavy (non-hydrogen) atoms. The van der Waals surface area contributed by atoms with E-state index in [9.17, 15) is 0 Å². The number of fused-ring (bicyclic) bond motifs is 4. The smallest absolute Gasteiger partial charge is 0.408 e. The van der Waals surface area contributed by atoms with Gasteiger partial charge in [-0.05, 0) is 97.5 Å². The van der Waals surface area contributed by atoms with Crippen molar-refractivity contribution in [2.45, 2.75) is 40.5 Å². The van der Waals surface area contributed by atoms with Crippen molar-refractivity contribution in [3.8, 4) is 45.6 Å². The summed E-state index contributed by atoms with van der Waals surface area (Å²) in [6.45, 7) is 8.27. The highest BCUT2D eigenvalue weighted by Crippen LogP contribution is 2.55. The lowest BCUT2D eigenvalue weighted by molar-refractivity contribution is 0.378. The van der Waals surface area contributed by atoms with E-state index >= 15 is 0 Å². The average Bonchev–Trinajstić information content (AvgIpc) is 3.08. The maximum absolute atomic E-state index is 6.88. The molecule has 0 N–H and O–H groups in total. The van der Waals surface area contributed by atoms with Gasteiger partial charge >= 0.3 is 17.2 Å². The monoisotopic (exact) mass is 698 g/mol. The van der Waals surface area contributed by atoms with Crippen LogP contribution < -0.4 is 27.1 Å². The largest absolute Gasteiger partial charge is 0.530 e. The predicted molar refractivity (Wildman–Crippen MR) is 200 cm³/mol. The number of benzene rings is 6. The summed E-state index contributed by atoms with van der Waals surface area (Å²) >= 11 is 0. The minimum Gasteiger partial charge on any atom is -0.408 e. The normalized spacial score (nSPS) is 16.1. The maximum Gasteiger partial charge on any atom is 0.530 e. The van der Waals surface area contributed by atoms with Gasteiger partial charge in [-0.25, -0.2) is 0 Å². The fraction of sp³-hybridized carbons (Fsp3) is 0.143. The first-order valence-corrected chi connectivity index (χ1v) is 18.8. The van der Waals surface area contributed by atoms with Crippen LogP contribution in [0.15, 0.2) is 121 Å². The Morgan fingerprint density at radius 3 is 1.28 bits per heavy atom. The number of rotatable bonds is 5. The van der Waals surface area contributed by atoms with Gasteiger partial charge < -0.3 is 27.1 Å². The molecule has 6 aromatic carbocycles. The summed E-state index contributed by atoms with van der Waals surface area (Å²) in [6, 6.07) is 40.7. The molecule has 250 valence electrons. The lowest BCUT2D eigenvalue weighted by atomic mass is 9.91. The van der Waals surface area contributed by atoms with Crippen molar-refractivity contribution in [2.24, 2.45) is 0 Å². The molecule has 0 saturated heterocycles. The van der Waals surface area contributed by atoms with Crippen molar-refractivity contribution in [1.29, 1.82) is 0 Å². The number of para-hydroxylation sites is 4. The van der Waals surface area contributed by atoms with E-state index in [4.69, 9.17) is 27.1 Å². The zero-order valence-electron chi connectivity index (χ0n) is 28.3. The Kier molecular flexibility index (Phi) is 8.83. The van der Waals surface area contributed by atoms with Gasteiger partial charge in [-0.1, -0.05) is 84.9 Å². The molecule has 6 aromatic rings. The van der Waals surface area contributed by atoms with E-state index in [0.29, 0.717) is 35.8 Å². The first kappa shape index (κ1) is 32.2. The number of hydrogen-bond acceptors (Lipinski definition) is 6. The van der Waals surface area contributed by atoms with Crippen LogP contribution in [-0.4, -0.2) is 0 Å². The highest BCUT2D eigenvalue weighted by Gasteiger charge is 2.32. The van der Waals surface area contributed by atoms with Crippen LogP contribution in [0.4, 0.5) is 0 Å². The minimum atomic E-state index is -1.89. The number of aryl methyl sites for hydroxylation is 4. The molecule has 2 aliphatic rings. The van der Waals surface area contributed by atoms with E-state index in [0.717, 1.165) is 67.1 Å². The Bertz CT molecular complexity index is 2060. The summed E-state index contributed by atoms with van der Waals surface area (Å²) in [5.41, 5.74) is 10.2. The lowest BCUT2D eigenvalue weighted by Crippen LogP contribution is -2.11. The summed E-state index contributed by atoms with van der Waals surface area (Å²) in [5.74, 6) is 4.33. The van der Waals surface area contributed by atoms with Gasteiger partial charge in [0.15, 0.2) is 0 Å². The Hall–Kier alpha value is -5.02. The molecule has 2 unspecified atom stereocenters. The van der Waals surface area contributed by atoms with Crippen molar-refractivity contribution in [3.63, 3.8) is 0 Å². The molecular weight excluding hydrogens is 662 g/mol. The molecule has 0 radical (unpaired) electrons. The highest BCUT2D eigenvalue weighted by atomic mass is 31.2. The third-order valence-electron chi connectivity index (χ3n) is 8.83. The molecule has 8 heteroatoms. The summed E-state index contributed by atoms with van der Waals surface area (Å²) in [4.78, 5) is 0. The fourth-order valence-electron chi connectivity index (χ4n) is 6.36. The second-order valence-electron chi connectivity index (χ2n) is 12.7. The van der Waals surface area contributed by atoms with Crippen LogP contribution in [0.3, 0.4) is 0 Å². The molecule has 0 aromatic heterocycles. The topological polar surface area (TPSA) is 55.4 Å². The molecule has 0 spiro atoms. The average molecular weight is 699 g/mol. The van der Waals surface area contributed by atoms with E-state index in [-0.39, 0.29) is 0 Å². The molecule has 2 atom stereocenters. The van der Waals surface area contributed by atoms with Crippen LogP contribution in [0.25, 0.3) is 11.1 Å². The third kappa shape index (κ3) is 6.62. The Morgan fingerprint density at radius 1 is 0.440 bits per heavy atom. The molecule has 0 amide bonds. The first-order valence-electron chi connectivity index (χ1n) is 16.6. The van der Waals surface area contributed by atoms with Crippen LogP contribution in [0.2, 0.25) is 0 Å². The summed E-state index contributed by atoms with van der Waals surface area (Å²) in [7, 11) is -3.78. The molecule has 0 fully saturated rings. The summed E-state index contributed by atoms with van der Waals surface area (Å²) < 4.78 is 39.9. The first-order chi connectivity index (χ1) is 24.4. The van der Waals surface area contributed by atoms with E-state index in [1.54, 1.807) is 0 Å². The third-order valence-corrected chi connectivity index (χ3v) is 10.9. The summed E-state index contributed by atoms with van der Waals surface area (Å²) in [5, 5.41) is 0. The minimum absolute atomic E-state index is 0.627. The zero-order valence-corrected chi connectivity index (χ0v) is 30.1. The maximum atomic E-state index is 6.88. The van der Waals surface area contributed by atoms with E-state index in [1.807, 2.05) is 98.8 Å². The molecule has 2 heterocycles. The van der Waals surface area contributed by atoms with Crippen molar-refractivity contribution in [3.05, 3.63) is 166 Å². The second kappa shape index (κ2) is 13.7. The number of hydrogen-bond donors (Lipinski definition) is 0. The molecule has 6 nitrogen and oxygen atoms in total. The van der Waals surface area contributed by atoms with Crippen molar-refractivity contribution in [1.82, 2.24) is 0 Å². The summed E-state index contributed by atoms with van der Waals surface area (Å²) in [6.07, 6.45) is 1.25. The molecule has 0 saturated carbocycles. The van der Waals surface area contributed by atoms with E-state index in [1.165, 1.54) is 0 Å². The van der Waals surface area contributed by atoms with Gasteiger partial charge in [-0.2, -0.15) is 0 Å². The van der Waals surface area contributed by atoms with Crippen molar-refractivity contribution >= 4 is 17.2 Å². The molecular formula is C42H36O6P2. The second-order valence-corrected chi connectivity index (χ2v) is 14.7. The standard InChI is InChI=1S/C42H36O6P2/c1-27-21-33-25-31-15-7-11-19-39(31)45-49(43-37-17-9-5-13-29(37)3)47-41(33)35(23-27)36-24-28(2)22-34-26-32-16-8-12-20-40(32)46-50(48-42(34)36)44-38-18-10-6-14-30(38)4/h5-24H,25-26H2,1-4H3. The van der Waals surface area contributed by atoms with Crippen LogP contribution in [0, 0.1) is 27.7 Å².